The van der Waals surface area contributed by atoms with E-state index in [2.05, 4.69) is 50.1 Å². The molecule has 1 heterocycles. The molecular weight excluding hydrogens is 465 g/mol. The number of aromatic nitrogens is 2. The summed E-state index contributed by atoms with van der Waals surface area (Å²) in [5, 5.41) is 0. The number of rotatable bonds is 5. The summed E-state index contributed by atoms with van der Waals surface area (Å²) in [6.45, 7) is 0. The van der Waals surface area contributed by atoms with Crippen LogP contribution in [0.4, 0.5) is 5.69 Å². The van der Waals surface area contributed by atoms with Crippen LogP contribution in [0.1, 0.15) is 0 Å². The molecule has 0 spiro atoms. The largest absolute Gasteiger partial charge is 0.493 e. The molecule has 0 amide bonds. The van der Waals surface area contributed by atoms with Gasteiger partial charge in [-0.3, -0.25) is 0 Å². The van der Waals surface area contributed by atoms with Gasteiger partial charge in [-0.1, -0.05) is 12.1 Å². The summed E-state index contributed by atoms with van der Waals surface area (Å²) in [5.41, 5.74) is 5.17. The molecule has 3 aromatic rings. The average molecular weight is 489 g/mol. The molecule has 0 fully saturated rings. The Labute approximate surface area is 186 Å². The fourth-order valence-electron chi connectivity index (χ4n) is 2.95. The Kier molecular flexibility index (Phi) is 8.67. The summed E-state index contributed by atoms with van der Waals surface area (Å²) in [5.74, 6) is 1.33. The van der Waals surface area contributed by atoms with Gasteiger partial charge in [-0.15, -0.1) is 24.8 Å². The van der Waals surface area contributed by atoms with Crippen molar-refractivity contribution in [1.82, 2.24) is 9.55 Å². The van der Waals surface area contributed by atoms with Crippen molar-refractivity contribution >= 4 is 46.4 Å². The van der Waals surface area contributed by atoms with E-state index < -0.39 is 0 Å². The topological polar surface area (TPSA) is 39.5 Å². The maximum absolute atomic E-state index is 5.48. The van der Waals surface area contributed by atoms with Gasteiger partial charge in [-0.25, -0.2) is 4.98 Å². The standard InChI is InChI=1S/C20H22BrN3O2.2ClH/c1-23(2)15-8-6-13(7-9-15)19-18(22-12-24(19)3)14-10-16(21)20(26-5)17(11-14)25-4;;/h6-12H,1-5H3;2*1H. The van der Waals surface area contributed by atoms with Crippen molar-refractivity contribution in [3.63, 3.8) is 0 Å². The molecule has 0 aliphatic rings. The lowest BCUT2D eigenvalue weighted by molar-refractivity contribution is 0.353. The number of methoxy groups -OCH3 is 2. The lowest BCUT2D eigenvalue weighted by Crippen LogP contribution is -2.08. The van der Waals surface area contributed by atoms with Crippen LogP contribution in [0.3, 0.4) is 0 Å². The van der Waals surface area contributed by atoms with E-state index in [9.17, 15) is 0 Å². The second-order valence-electron chi connectivity index (χ2n) is 6.19. The third-order valence-corrected chi connectivity index (χ3v) is 4.89. The van der Waals surface area contributed by atoms with E-state index in [4.69, 9.17) is 9.47 Å². The van der Waals surface area contributed by atoms with Crippen LogP contribution in [-0.2, 0) is 7.05 Å². The number of hydrogen-bond acceptors (Lipinski definition) is 4. The van der Waals surface area contributed by atoms with Crippen LogP contribution in [0.15, 0.2) is 47.2 Å². The number of halogens is 3. The number of benzene rings is 2. The molecule has 5 nitrogen and oxygen atoms in total. The Morgan fingerprint density at radius 1 is 0.964 bits per heavy atom. The van der Waals surface area contributed by atoms with Gasteiger partial charge in [0.15, 0.2) is 11.5 Å². The number of nitrogens with zero attached hydrogens (tertiary/aromatic N) is 3. The summed E-state index contributed by atoms with van der Waals surface area (Å²) in [4.78, 5) is 6.71. The van der Waals surface area contributed by atoms with Crippen LogP contribution in [0.25, 0.3) is 22.5 Å². The predicted molar refractivity (Wildman–Crippen MR) is 124 cm³/mol. The molecule has 0 bridgehead atoms. The van der Waals surface area contributed by atoms with Gasteiger partial charge in [0.25, 0.3) is 0 Å². The first-order valence-corrected chi connectivity index (χ1v) is 8.96. The van der Waals surface area contributed by atoms with Gasteiger partial charge in [0.2, 0.25) is 0 Å². The Morgan fingerprint density at radius 3 is 2.14 bits per heavy atom. The van der Waals surface area contributed by atoms with Crippen molar-refractivity contribution < 1.29 is 9.47 Å². The first-order valence-electron chi connectivity index (χ1n) is 8.17. The number of anilines is 1. The van der Waals surface area contributed by atoms with E-state index in [0.717, 1.165) is 32.7 Å². The van der Waals surface area contributed by atoms with Crippen molar-refractivity contribution in [3.8, 4) is 34.0 Å². The van der Waals surface area contributed by atoms with Gasteiger partial charge in [-0.2, -0.15) is 0 Å². The number of ether oxygens (including phenoxy) is 2. The minimum absolute atomic E-state index is 0. The van der Waals surface area contributed by atoms with E-state index in [1.165, 1.54) is 0 Å². The van der Waals surface area contributed by atoms with Crippen molar-refractivity contribution in [1.29, 1.82) is 0 Å². The first-order chi connectivity index (χ1) is 12.5. The monoisotopic (exact) mass is 487 g/mol. The van der Waals surface area contributed by atoms with Crippen LogP contribution in [0, 0.1) is 0 Å². The maximum atomic E-state index is 5.48. The zero-order chi connectivity index (χ0) is 18.8. The zero-order valence-electron chi connectivity index (χ0n) is 16.4. The summed E-state index contributed by atoms with van der Waals surface area (Å²) in [6.07, 6.45) is 1.83. The highest BCUT2D eigenvalue weighted by atomic mass is 79.9. The van der Waals surface area contributed by atoms with Gasteiger partial charge < -0.3 is 18.9 Å². The number of aryl methyl sites for hydroxylation is 1. The van der Waals surface area contributed by atoms with E-state index in [-0.39, 0.29) is 24.8 Å². The molecule has 2 aromatic carbocycles. The molecule has 0 saturated carbocycles. The SMILES string of the molecule is COc1cc(-c2ncn(C)c2-c2ccc(N(C)C)cc2)cc(Br)c1OC.Cl.Cl. The molecule has 0 aliphatic heterocycles. The van der Waals surface area contributed by atoms with E-state index in [0.29, 0.717) is 11.5 Å². The predicted octanol–water partition coefficient (Wildman–Crippen LogP) is 5.44. The zero-order valence-corrected chi connectivity index (χ0v) is 19.6. The summed E-state index contributed by atoms with van der Waals surface area (Å²) >= 11 is 3.56. The highest BCUT2D eigenvalue weighted by Crippen LogP contribution is 2.41. The smallest absolute Gasteiger partial charge is 0.174 e. The highest BCUT2D eigenvalue weighted by molar-refractivity contribution is 9.10. The van der Waals surface area contributed by atoms with E-state index in [1.54, 1.807) is 14.2 Å². The first kappa shape index (κ1) is 24.1. The molecule has 3 rings (SSSR count). The summed E-state index contributed by atoms with van der Waals surface area (Å²) in [6, 6.07) is 12.4. The molecule has 0 atom stereocenters. The van der Waals surface area contributed by atoms with Crippen LogP contribution < -0.4 is 14.4 Å². The normalized spacial score (nSPS) is 9.93. The van der Waals surface area contributed by atoms with Crippen molar-refractivity contribution in [3.05, 3.63) is 47.2 Å². The summed E-state index contributed by atoms with van der Waals surface area (Å²) < 4.78 is 13.8. The molecule has 0 N–H and O–H groups in total. The fourth-order valence-corrected chi connectivity index (χ4v) is 3.56. The Bertz CT molecular complexity index is 928. The third kappa shape index (κ3) is 4.57. The number of hydrogen-bond donors (Lipinski definition) is 0. The van der Waals surface area contributed by atoms with Gasteiger partial charge in [-0.05, 0) is 40.2 Å². The average Bonchev–Trinajstić information content (AvgIpc) is 3.02. The van der Waals surface area contributed by atoms with E-state index >= 15 is 0 Å². The second kappa shape index (κ2) is 10.0. The molecule has 152 valence electrons. The molecule has 0 aliphatic carbocycles. The van der Waals surface area contributed by atoms with Crippen LogP contribution in [0.2, 0.25) is 0 Å². The Morgan fingerprint density at radius 2 is 1.61 bits per heavy atom. The lowest BCUT2D eigenvalue weighted by Gasteiger charge is -2.14. The van der Waals surface area contributed by atoms with Gasteiger partial charge in [0.05, 0.1) is 36.4 Å². The molecular formula is C20H24BrCl2N3O2. The van der Waals surface area contributed by atoms with Gasteiger partial charge in [0.1, 0.15) is 0 Å². The minimum atomic E-state index is 0. The van der Waals surface area contributed by atoms with Crippen LogP contribution in [-0.4, -0.2) is 37.9 Å². The quantitative estimate of drug-likeness (QED) is 0.479. The fraction of sp³-hybridized carbons (Fsp3) is 0.250. The van der Waals surface area contributed by atoms with Crippen molar-refractivity contribution in [2.75, 3.05) is 33.2 Å². The maximum Gasteiger partial charge on any atom is 0.174 e. The lowest BCUT2D eigenvalue weighted by atomic mass is 10.0. The van der Waals surface area contributed by atoms with Crippen molar-refractivity contribution in [2.24, 2.45) is 7.05 Å². The molecule has 1 aromatic heterocycles. The number of imidazole rings is 1. The molecule has 28 heavy (non-hydrogen) atoms. The Hall–Kier alpha value is -1.89. The molecule has 0 saturated heterocycles. The van der Waals surface area contributed by atoms with Crippen LogP contribution in [0.5, 0.6) is 11.5 Å². The van der Waals surface area contributed by atoms with Crippen LogP contribution >= 0.6 is 40.7 Å². The molecule has 0 unspecified atom stereocenters. The third-order valence-electron chi connectivity index (χ3n) is 4.30. The van der Waals surface area contributed by atoms with Gasteiger partial charge >= 0.3 is 0 Å². The van der Waals surface area contributed by atoms with E-state index in [1.807, 2.05) is 44.2 Å². The molecule has 0 radical (unpaired) electrons. The highest BCUT2D eigenvalue weighted by Gasteiger charge is 2.18. The molecule has 8 heteroatoms. The van der Waals surface area contributed by atoms with Crippen molar-refractivity contribution in [2.45, 2.75) is 0 Å². The second-order valence-corrected chi connectivity index (χ2v) is 7.04. The summed E-state index contributed by atoms with van der Waals surface area (Å²) in [7, 11) is 9.33. The Balaban J connectivity index is 0.00000196. The minimum Gasteiger partial charge on any atom is -0.493 e. The van der Waals surface area contributed by atoms with Gasteiger partial charge in [0, 0.05) is 38.0 Å².